The second kappa shape index (κ2) is 3.89. The number of benzene rings is 1. The Morgan fingerprint density at radius 3 is 2.31 bits per heavy atom. The van der Waals surface area contributed by atoms with Gasteiger partial charge >= 0.3 is 0 Å². The SMILES string of the molecule is Cc1cc(C)c(C2(C)CCC(N)C2)cc1C. The van der Waals surface area contributed by atoms with Crippen molar-refractivity contribution < 1.29 is 0 Å². The number of rotatable bonds is 1. The first-order valence-corrected chi connectivity index (χ1v) is 6.26. The van der Waals surface area contributed by atoms with E-state index in [1.165, 1.54) is 35.1 Å². The normalized spacial score (nSPS) is 29.7. The third-order valence-electron chi connectivity index (χ3n) is 4.27. The second-order valence-corrected chi connectivity index (χ2v) is 5.81. The largest absolute Gasteiger partial charge is 0.328 e. The standard InChI is InChI=1S/C15H23N/c1-10-7-12(3)14(8-11(10)2)15(4)6-5-13(16)9-15/h7-8,13H,5-6,9,16H2,1-4H3. The van der Waals surface area contributed by atoms with Crippen LogP contribution < -0.4 is 5.73 Å². The van der Waals surface area contributed by atoms with Gasteiger partial charge in [0, 0.05) is 6.04 Å². The summed E-state index contributed by atoms with van der Waals surface area (Å²) in [6, 6.07) is 5.09. The fourth-order valence-electron chi connectivity index (χ4n) is 3.14. The minimum absolute atomic E-state index is 0.307. The molecule has 0 radical (unpaired) electrons. The van der Waals surface area contributed by atoms with Crippen LogP contribution in [0.15, 0.2) is 12.1 Å². The van der Waals surface area contributed by atoms with E-state index in [1.807, 2.05) is 0 Å². The molecule has 0 bridgehead atoms. The van der Waals surface area contributed by atoms with Gasteiger partial charge in [-0.3, -0.25) is 0 Å². The van der Waals surface area contributed by atoms with Crippen molar-refractivity contribution in [3.8, 4) is 0 Å². The quantitative estimate of drug-likeness (QED) is 0.766. The summed E-state index contributed by atoms with van der Waals surface area (Å²) in [5.41, 5.74) is 12.1. The van der Waals surface area contributed by atoms with E-state index < -0.39 is 0 Å². The van der Waals surface area contributed by atoms with Crippen LogP contribution in [0, 0.1) is 20.8 Å². The molecule has 1 aliphatic rings. The Morgan fingerprint density at radius 2 is 1.75 bits per heavy atom. The molecule has 0 heterocycles. The van der Waals surface area contributed by atoms with Crippen molar-refractivity contribution in [1.29, 1.82) is 0 Å². The van der Waals surface area contributed by atoms with E-state index >= 15 is 0 Å². The van der Waals surface area contributed by atoms with Crippen LogP contribution in [0.2, 0.25) is 0 Å². The zero-order chi connectivity index (χ0) is 11.9. The first-order chi connectivity index (χ1) is 7.42. The van der Waals surface area contributed by atoms with Crippen LogP contribution in [-0.4, -0.2) is 6.04 Å². The molecule has 0 amide bonds. The molecule has 2 rings (SSSR count). The van der Waals surface area contributed by atoms with Gasteiger partial charge in [-0.05, 0) is 67.7 Å². The van der Waals surface area contributed by atoms with Gasteiger partial charge in [0.2, 0.25) is 0 Å². The van der Waals surface area contributed by atoms with Crippen molar-refractivity contribution in [1.82, 2.24) is 0 Å². The number of hydrogen-bond donors (Lipinski definition) is 1. The van der Waals surface area contributed by atoms with Crippen molar-refractivity contribution in [2.45, 2.75) is 58.4 Å². The van der Waals surface area contributed by atoms with E-state index in [2.05, 4.69) is 39.8 Å². The summed E-state index contributed by atoms with van der Waals surface area (Å²) >= 11 is 0. The van der Waals surface area contributed by atoms with E-state index in [0.717, 1.165) is 6.42 Å². The van der Waals surface area contributed by atoms with Crippen LogP contribution >= 0.6 is 0 Å². The molecule has 1 saturated carbocycles. The minimum atomic E-state index is 0.307. The predicted octanol–water partition coefficient (Wildman–Crippen LogP) is 3.38. The Labute approximate surface area is 99.0 Å². The second-order valence-electron chi connectivity index (χ2n) is 5.81. The van der Waals surface area contributed by atoms with Crippen LogP contribution in [0.4, 0.5) is 0 Å². The molecule has 2 atom stereocenters. The van der Waals surface area contributed by atoms with Crippen molar-refractivity contribution in [2.24, 2.45) is 5.73 Å². The molecule has 0 aromatic heterocycles. The average Bonchev–Trinajstić information content (AvgIpc) is 2.53. The van der Waals surface area contributed by atoms with Gasteiger partial charge in [0.05, 0.1) is 0 Å². The highest BCUT2D eigenvalue weighted by molar-refractivity contribution is 5.41. The molecule has 88 valence electrons. The average molecular weight is 217 g/mol. The maximum Gasteiger partial charge on any atom is 0.00475 e. The van der Waals surface area contributed by atoms with Crippen molar-refractivity contribution in [3.63, 3.8) is 0 Å². The molecule has 1 fully saturated rings. The maximum absolute atomic E-state index is 6.07. The summed E-state index contributed by atoms with van der Waals surface area (Å²) in [7, 11) is 0. The zero-order valence-corrected chi connectivity index (χ0v) is 10.9. The Bertz CT molecular complexity index is 408. The van der Waals surface area contributed by atoms with Gasteiger partial charge in [-0.1, -0.05) is 19.1 Å². The summed E-state index contributed by atoms with van der Waals surface area (Å²) < 4.78 is 0. The van der Waals surface area contributed by atoms with E-state index in [4.69, 9.17) is 5.73 Å². The molecular formula is C15H23N. The lowest BCUT2D eigenvalue weighted by Crippen LogP contribution is -2.23. The van der Waals surface area contributed by atoms with E-state index in [-0.39, 0.29) is 0 Å². The molecular weight excluding hydrogens is 194 g/mol. The highest BCUT2D eigenvalue weighted by atomic mass is 14.7. The van der Waals surface area contributed by atoms with Gasteiger partial charge in [-0.15, -0.1) is 0 Å². The zero-order valence-electron chi connectivity index (χ0n) is 10.9. The summed E-state index contributed by atoms with van der Waals surface area (Å²) in [5, 5.41) is 0. The van der Waals surface area contributed by atoms with Gasteiger partial charge in [0.25, 0.3) is 0 Å². The molecule has 0 aliphatic heterocycles. The molecule has 0 saturated heterocycles. The van der Waals surface area contributed by atoms with E-state index in [0.29, 0.717) is 11.5 Å². The molecule has 0 spiro atoms. The Balaban J connectivity index is 2.44. The maximum atomic E-state index is 6.07. The Kier molecular flexibility index (Phi) is 2.83. The van der Waals surface area contributed by atoms with E-state index in [9.17, 15) is 0 Å². The summed E-state index contributed by atoms with van der Waals surface area (Å²) in [6.45, 7) is 9.00. The minimum Gasteiger partial charge on any atom is -0.328 e. The first kappa shape index (κ1) is 11.7. The third kappa shape index (κ3) is 1.89. The molecule has 1 heteroatoms. The third-order valence-corrected chi connectivity index (χ3v) is 4.27. The van der Waals surface area contributed by atoms with Gasteiger partial charge in [-0.2, -0.15) is 0 Å². The lowest BCUT2D eigenvalue weighted by molar-refractivity contribution is 0.479. The first-order valence-electron chi connectivity index (χ1n) is 6.26. The van der Waals surface area contributed by atoms with Crippen molar-refractivity contribution in [3.05, 3.63) is 34.4 Å². The van der Waals surface area contributed by atoms with Gasteiger partial charge < -0.3 is 5.73 Å². The Hall–Kier alpha value is -0.820. The Morgan fingerprint density at radius 1 is 1.12 bits per heavy atom. The van der Waals surface area contributed by atoms with Crippen LogP contribution in [0.1, 0.15) is 48.4 Å². The molecule has 1 nitrogen and oxygen atoms in total. The highest BCUT2D eigenvalue weighted by Crippen LogP contribution is 2.42. The molecule has 1 aliphatic carbocycles. The van der Waals surface area contributed by atoms with Crippen LogP contribution in [0.5, 0.6) is 0 Å². The molecule has 2 N–H and O–H groups in total. The van der Waals surface area contributed by atoms with Gasteiger partial charge in [-0.25, -0.2) is 0 Å². The summed E-state index contributed by atoms with van der Waals surface area (Å²) in [5.74, 6) is 0. The summed E-state index contributed by atoms with van der Waals surface area (Å²) in [4.78, 5) is 0. The monoisotopic (exact) mass is 217 g/mol. The smallest absolute Gasteiger partial charge is 0.00475 e. The molecule has 1 aromatic carbocycles. The fourth-order valence-corrected chi connectivity index (χ4v) is 3.14. The van der Waals surface area contributed by atoms with Crippen LogP contribution in [-0.2, 0) is 5.41 Å². The molecule has 16 heavy (non-hydrogen) atoms. The highest BCUT2D eigenvalue weighted by Gasteiger charge is 2.35. The molecule has 1 aromatic rings. The van der Waals surface area contributed by atoms with E-state index in [1.54, 1.807) is 0 Å². The fraction of sp³-hybridized carbons (Fsp3) is 0.600. The number of aryl methyl sites for hydroxylation is 3. The van der Waals surface area contributed by atoms with Crippen LogP contribution in [0.3, 0.4) is 0 Å². The lowest BCUT2D eigenvalue weighted by Gasteiger charge is -2.27. The van der Waals surface area contributed by atoms with Crippen molar-refractivity contribution >= 4 is 0 Å². The van der Waals surface area contributed by atoms with Gasteiger partial charge in [0.15, 0.2) is 0 Å². The number of nitrogens with two attached hydrogens (primary N) is 1. The van der Waals surface area contributed by atoms with Crippen molar-refractivity contribution in [2.75, 3.05) is 0 Å². The van der Waals surface area contributed by atoms with Crippen LogP contribution in [0.25, 0.3) is 0 Å². The lowest BCUT2D eigenvalue weighted by atomic mass is 9.77. The topological polar surface area (TPSA) is 26.0 Å². The predicted molar refractivity (Wildman–Crippen MR) is 69.8 cm³/mol. The molecule has 2 unspecified atom stereocenters. The van der Waals surface area contributed by atoms with Gasteiger partial charge in [0.1, 0.15) is 0 Å². The summed E-state index contributed by atoms with van der Waals surface area (Å²) in [6.07, 6.45) is 3.54. The number of hydrogen-bond acceptors (Lipinski definition) is 1.